The number of nitrogens with one attached hydrogen (secondary N) is 1. The smallest absolute Gasteiger partial charge is 0.396 e. The molecule has 1 aromatic rings. The van der Waals surface area contributed by atoms with Crippen LogP contribution in [0.2, 0.25) is 0 Å². The van der Waals surface area contributed by atoms with Gasteiger partial charge in [0.2, 0.25) is 5.95 Å². The second-order valence-electron chi connectivity index (χ2n) is 5.04. The van der Waals surface area contributed by atoms with Crippen molar-refractivity contribution >= 4 is 11.8 Å². The fourth-order valence-electron chi connectivity index (χ4n) is 2.60. The molecule has 2 rings (SSSR count). The van der Waals surface area contributed by atoms with Gasteiger partial charge in [-0.1, -0.05) is 0 Å². The Hall–Kier alpha value is -1.57. The van der Waals surface area contributed by atoms with E-state index in [0.29, 0.717) is 18.8 Å². The summed E-state index contributed by atoms with van der Waals surface area (Å²) in [6.07, 6.45) is -1.30. The van der Waals surface area contributed by atoms with Crippen molar-refractivity contribution < 1.29 is 18.3 Å². The van der Waals surface area contributed by atoms with Crippen molar-refractivity contribution in [2.75, 3.05) is 30.4 Å². The van der Waals surface area contributed by atoms with E-state index in [0.717, 1.165) is 25.3 Å². The second kappa shape index (κ2) is 6.46. The molecule has 1 saturated heterocycles. The van der Waals surface area contributed by atoms with Crippen molar-refractivity contribution in [1.29, 1.82) is 0 Å². The van der Waals surface area contributed by atoms with Gasteiger partial charge in [-0.3, -0.25) is 0 Å². The fraction of sp³-hybridized carbons (Fsp3) is 0.692. The van der Waals surface area contributed by atoms with Crippen LogP contribution >= 0.6 is 0 Å². The standard InChI is InChI=1S/C13H19F3N4O/c1-17-12-18-10(13(14,15)16)8-11(19-12)20-6-2-4-9(20)5-3-7-21/h8-9,21H,2-7H2,1H3,(H,17,18,19). The van der Waals surface area contributed by atoms with Crippen molar-refractivity contribution in [3.8, 4) is 0 Å². The molecule has 0 spiro atoms. The van der Waals surface area contributed by atoms with Crippen molar-refractivity contribution in [3.05, 3.63) is 11.8 Å². The molecule has 0 radical (unpaired) electrons. The van der Waals surface area contributed by atoms with Gasteiger partial charge in [-0.25, -0.2) is 4.98 Å². The largest absolute Gasteiger partial charge is 0.433 e. The molecule has 1 aromatic heterocycles. The van der Waals surface area contributed by atoms with Crippen LogP contribution in [0.3, 0.4) is 0 Å². The first-order chi connectivity index (χ1) is 9.95. The third kappa shape index (κ3) is 3.75. The molecule has 5 nitrogen and oxygen atoms in total. The van der Waals surface area contributed by atoms with E-state index in [4.69, 9.17) is 5.11 Å². The average Bonchev–Trinajstić information content (AvgIpc) is 2.92. The first-order valence-corrected chi connectivity index (χ1v) is 6.97. The summed E-state index contributed by atoms with van der Waals surface area (Å²) in [5.41, 5.74) is -0.940. The topological polar surface area (TPSA) is 61.3 Å². The van der Waals surface area contributed by atoms with Gasteiger partial charge in [0.05, 0.1) is 0 Å². The summed E-state index contributed by atoms with van der Waals surface area (Å²) in [7, 11) is 1.49. The second-order valence-corrected chi connectivity index (χ2v) is 5.04. The molecular formula is C13H19F3N4O. The number of hydrogen-bond acceptors (Lipinski definition) is 5. The van der Waals surface area contributed by atoms with E-state index in [1.165, 1.54) is 7.05 Å². The van der Waals surface area contributed by atoms with Crippen LogP contribution in [-0.4, -0.2) is 41.3 Å². The van der Waals surface area contributed by atoms with E-state index in [1.807, 2.05) is 4.90 Å². The molecule has 0 aliphatic carbocycles. The summed E-state index contributed by atoms with van der Waals surface area (Å²) in [6, 6.07) is 1.12. The van der Waals surface area contributed by atoms with Crippen molar-refractivity contribution in [3.63, 3.8) is 0 Å². The van der Waals surface area contributed by atoms with Crippen LogP contribution in [0.25, 0.3) is 0 Å². The highest BCUT2D eigenvalue weighted by Gasteiger charge is 2.35. The predicted octanol–water partition coefficient (Wildman–Crippen LogP) is 2.28. The molecule has 0 amide bonds. The number of aliphatic hydroxyl groups excluding tert-OH is 1. The number of aliphatic hydroxyl groups is 1. The maximum Gasteiger partial charge on any atom is 0.433 e. The summed E-state index contributed by atoms with van der Waals surface area (Å²) in [6.45, 7) is 0.761. The van der Waals surface area contributed by atoms with Crippen LogP contribution in [0.1, 0.15) is 31.4 Å². The minimum absolute atomic E-state index is 0.0346. The molecule has 0 aromatic carbocycles. The van der Waals surface area contributed by atoms with Gasteiger partial charge in [-0.15, -0.1) is 0 Å². The lowest BCUT2D eigenvalue weighted by atomic mass is 10.1. The van der Waals surface area contributed by atoms with E-state index >= 15 is 0 Å². The van der Waals surface area contributed by atoms with Crippen molar-refractivity contribution in [2.24, 2.45) is 0 Å². The monoisotopic (exact) mass is 304 g/mol. The molecule has 118 valence electrons. The van der Waals surface area contributed by atoms with Crippen LogP contribution in [-0.2, 0) is 6.18 Å². The molecule has 21 heavy (non-hydrogen) atoms. The molecular weight excluding hydrogens is 285 g/mol. The van der Waals surface area contributed by atoms with Gasteiger partial charge in [0.25, 0.3) is 0 Å². The normalized spacial score (nSPS) is 19.1. The summed E-state index contributed by atoms with van der Waals surface area (Å²) >= 11 is 0. The molecule has 0 bridgehead atoms. The summed E-state index contributed by atoms with van der Waals surface area (Å²) < 4.78 is 38.7. The van der Waals surface area contributed by atoms with Gasteiger partial charge in [0, 0.05) is 32.3 Å². The molecule has 2 N–H and O–H groups in total. The Labute approximate surface area is 121 Å². The molecule has 8 heteroatoms. The number of hydrogen-bond donors (Lipinski definition) is 2. The Bertz CT molecular complexity index is 481. The van der Waals surface area contributed by atoms with Gasteiger partial charge in [-0.05, 0) is 25.7 Å². The van der Waals surface area contributed by atoms with Gasteiger partial charge in [0.1, 0.15) is 5.82 Å². The van der Waals surface area contributed by atoms with Crippen molar-refractivity contribution in [2.45, 2.75) is 37.9 Å². The van der Waals surface area contributed by atoms with E-state index < -0.39 is 11.9 Å². The van der Waals surface area contributed by atoms with Gasteiger partial charge in [-0.2, -0.15) is 18.2 Å². The lowest BCUT2D eigenvalue weighted by molar-refractivity contribution is -0.141. The Morgan fingerprint density at radius 2 is 2.19 bits per heavy atom. The number of halogens is 3. The molecule has 1 aliphatic heterocycles. The predicted molar refractivity (Wildman–Crippen MR) is 73.3 cm³/mol. The number of rotatable bonds is 5. The minimum Gasteiger partial charge on any atom is -0.396 e. The summed E-state index contributed by atoms with van der Waals surface area (Å²) in [5, 5.41) is 11.5. The third-order valence-electron chi connectivity index (χ3n) is 3.59. The van der Waals surface area contributed by atoms with Crippen LogP contribution in [0.15, 0.2) is 6.07 Å². The molecule has 1 unspecified atom stereocenters. The van der Waals surface area contributed by atoms with Crippen LogP contribution in [0.5, 0.6) is 0 Å². The zero-order valence-corrected chi connectivity index (χ0v) is 11.8. The zero-order valence-electron chi connectivity index (χ0n) is 11.8. The molecule has 1 atom stereocenters. The third-order valence-corrected chi connectivity index (χ3v) is 3.59. The Kier molecular flexibility index (Phi) is 4.87. The SMILES string of the molecule is CNc1nc(N2CCCC2CCCO)cc(C(F)(F)F)n1. The highest BCUT2D eigenvalue weighted by Crippen LogP contribution is 2.33. The highest BCUT2D eigenvalue weighted by molar-refractivity contribution is 5.47. The van der Waals surface area contributed by atoms with Gasteiger partial charge < -0.3 is 15.3 Å². The van der Waals surface area contributed by atoms with E-state index in [1.54, 1.807) is 0 Å². The van der Waals surface area contributed by atoms with Crippen LogP contribution in [0.4, 0.5) is 24.9 Å². The van der Waals surface area contributed by atoms with Crippen LogP contribution in [0, 0.1) is 0 Å². The first kappa shape index (κ1) is 15.8. The van der Waals surface area contributed by atoms with E-state index in [2.05, 4.69) is 15.3 Å². The van der Waals surface area contributed by atoms with E-state index in [-0.39, 0.29) is 18.6 Å². The quantitative estimate of drug-likeness (QED) is 0.874. The van der Waals surface area contributed by atoms with Gasteiger partial charge in [0.15, 0.2) is 5.69 Å². The maximum absolute atomic E-state index is 12.9. The number of alkyl halides is 3. The lowest BCUT2D eigenvalue weighted by Crippen LogP contribution is -2.31. The number of aromatic nitrogens is 2. The molecule has 2 heterocycles. The zero-order chi connectivity index (χ0) is 15.5. The lowest BCUT2D eigenvalue weighted by Gasteiger charge is -2.26. The Balaban J connectivity index is 2.29. The average molecular weight is 304 g/mol. The Morgan fingerprint density at radius 3 is 2.81 bits per heavy atom. The highest BCUT2D eigenvalue weighted by atomic mass is 19.4. The Morgan fingerprint density at radius 1 is 1.43 bits per heavy atom. The summed E-state index contributed by atoms with van der Waals surface area (Å²) in [4.78, 5) is 9.50. The fourth-order valence-corrected chi connectivity index (χ4v) is 2.60. The maximum atomic E-state index is 12.9. The number of nitrogens with zero attached hydrogens (tertiary/aromatic N) is 3. The summed E-state index contributed by atoms with van der Waals surface area (Å²) in [5.74, 6) is 0.259. The molecule has 0 saturated carbocycles. The molecule has 1 aliphatic rings. The van der Waals surface area contributed by atoms with E-state index in [9.17, 15) is 13.2 Å². The number of anilines is 2. The van der Waals surface area contributed by atoms with Crippen molar-refractivity contribution in [1.82, 2.24) is 9.97 Å². The van der Waals surface area contributed by atoms with Gasteiger partial charge >= 0.3 is 6.18 Å². The first-order valence-electron chi connectivity index (χ1n) is 6.97. The van der Waals surface area contributed by atoms with Crippen LogP contribution < -0.4 is 10.2 Å². The minimum atomic E-state index is -4.50. The molecule has 1 fully saturated rings.